The molecule has 8 heteroatoms. The van der Waals surface area contributed by atoms with Gasteiger partial charge < -0.3 is 10.3 Å². The van der Waals surface area contributed by atoms with Crippen molar-refractivity contribution in [2.75, 3.05) is 17.4 Å². The Morgan fingerprint density at radius 1 is 0.943 bits per heavy atom. The van der Waals surface area contributed by atoms with E-state index in [0.717, 1.165) is 34.4 Å². The van der Waals surface area contributed by atoms with Crippen LogP contribution in [-0.2, 0) is 21.2 Å². The number of nitrogens with zero attached hydrogens (tertiary/aromatic N) is 2. The summed E-state index contributed by atoms with van der Waals surface area (Å²) < 4.78 is 28.1. The lowest BCUT2D eigenvalue weighted by Gasteiger charge is -2.24. The summed E-state index contributed by atoms with van der Waals surface area (Å²) in [6.07, 6.45) is 1.50. The van der Waals surface area contributed by atoms with Crippen molar-refractivity contribution >= 4 is 32.7 Å². The van der Waals surface area contributed by atoms with E-state index in [1.54, 1.807) is 36.4 Å². The fourth-order valence-electron chi connectivity index (χ4n) is 3.84. The lowest BCUT2D eigenvalue weighted by molar-refractivity contribution is -0.120. The second-order valence-electron chi connectivity index (χ2n) is 8.63. The fourth-order valence-corrected chi connectivity index (χ4v) is 5.30. The van der Waals surface area contributed by atoms with Crippen LogP contribution in [0, 0.1) is 13.8 Å². The maximum Gasteiger partial charge on any atom is 0.264 e. The third-order valence-electron chi connectivity index (χ3n) is 5.82. The van der Waals surface area contributed by atoms with Crippen molar-refractivity contribution in [3.8, 4) is 0 Å². The number of carbonyl (C=O) groups is 1. The number of aryl methyl sites for hydroxylation is 3. The Kier molecular flexibility index (Phi) is 7.51. The van der Waals surface area contributed by atoms with Crippen molar-refractivity contribution in [3.05, 3.63) is 89.7 Å². The second kappa shape index (κ2) is 10.7. The Bertz CT molecular complexity index is 1360. The summed E-state index contributed by atoms with van der Waals surface area (Å²) in [6.45, 7) is 4.40. The molecule has 0 saturated heterocycles. The molecule has 35 heavy (non-hydrogen) atoms. The second-order valence-corrected chi connectivity index (χ2v) is 10.5. The molecule has 0 aliphatic rings. The predicted molar refractivity (Wildman–Crippen MR) is 139 cm³/mol. The molecule has 4 aromatic rings. The van der Waals surface area contributed by atoms with Gasteiger partial charge in [-0.25, -0.2) is 13.4 Å². The predicted octanol–water partition coefficient (Wildman–Crippen LogP) is 4.51. The number of aromatic nitrogens is 2. The van der Waals surface area contributed by atoms with Gasteiger partial charge in [0.05, 0.1) is 21.6 Å². The van der Waals surface area contributed by atoms with Gasteiger partial charge in [0.15, 0.2) is 0 Å². The molecule has 0 aliphatic heterocycles. The molecule has 0 fully saturated rings. The quantitative estimate of drug-likeness (QED) is 0.320. The third kappa shape index (κ3) is 6.08. The van der Waals surface area contributed by atoms with E-state index in [2.05, 4.69) is 15.3 Å². The number of fused-ring (bicyclic) bond motifs is 1. The summed E-state index contributed by atoms with van der Waals surface area (Å²) in [5.41, 5.74) is 4.47. The molecule has 1 amide bonds. The summed E-state index contributed by atoms with van der Waals surface area (Å²) in [4.78, 5) is 20.6. The Hall–Kier alpha value is -3.65. The van der Waals surface area contributed by atoms with E-state index < -0.39 is 10.0 Å². The Labute approximate surface area is 206 Å². The highest BCUT2D eigenvalue weighted by atomic mass is 32.2. The van der Waals surface area contributed by atoms with E-state index in [9.17, 15) is 13.2 Å². The van der Waals surface area contributed by atoms with Gasteiger partial charge in [-0.15, -0.1) is 0 Å². The van der Waals surface area contributed by atoms with Crippen molar-refractivity contribution < 1.29 is 13.2 Å². The highest BCUT2D eigenvalue weighted by molar-refractivity contribution is 7.92. The minimum absolute atomic E-state index is 0.0503. The first kappa shape index (κ1) is 24.5. The molecule has 0 bridgehead atoms. The summed E-state index contributed by atoms with van der Waals surface area (Å²) in [5.74, 6) is 0.695. The zero-order chi connectivity index (χ0) is 24.8. The molecule has 1 heterocycles. The van der Waals surface area contributed by atoms with Gasteiger partial charge >= 0.3 is 0 Å². The molecule has 2 N–H and O–H groups in total. The number of benzene rings is 3. The highest BCUT2D eigenvalue weighted by Gasteiger charge is 2.25. The molecule has 0 atom stereocenters. The number of rotatable bonds is 10. The first-order chi connectivity index (χ1) is 16.8. The lowest BCUT2D eigenvalue weighted by Crippen LogP contribution is -2.35. The van der Waals surface area contributed by atoms with Crippen LogP contribution in [0.4, 0.5) is 5.69 Å². The molecule has 7 nitrogen and oxygen atoms in total. The molecule has 0 unspecified atom stereocenters. The van der Waals surface area contributed by atoms with Crippen molar-refractivity contribution in [2.24, 2.45) is 0 Å². The van der Waals surface area contributed by atoms with Crippen molar-refractivity contribution in [2.45, 2.75) is 38.0 Å². The van der Waals surface area contributed by atoms with Crippen LogP contribution in [-0.4, -0.2) is 37.4 Å². The maximum absolute atomic E-state index is 13.4. The van der Waals surface area contributed by atoms with Gasteiger partial charge in [-0.1, -0.05) is 47.5 Å². The van der Waals surface area contributed by atoms with Gasteiger partial charge in [0, 0.05) is 25.9 Å². The fraction of sp³-hybridized carbons (Fsp3) is 0.259. The number of amides is 1. The normalized spacial score (nSPS) is 11.5. The minimum Gasteiger partial charge on any atom is -0.356 e. The number of sulfonamides is 1. The first-order valence-electron chi connectivity index (χ1n) is 11.7. The number of carbonyl (C=O) groups excluding carboxylic acids is 1. The highest BCUT2D eigenvalue weighted by Crippen LogP contribution is 2.24. The van der Waals surface area contributed by atoms with Crippen molar-refractivity contribution in [1.29, 1.82) is 0 Å². The average molecular weight is 491 g/mol. The number of nitrogens with one attached hydrogen (secondary N) is 2. The molecule has 0 radical (unpaired) electrons. The van der Waals surface area contributed by atoms with E-state index in [4.69, 9.17) is 0 Å². The van der Waals surface area contributed by atoms with Crippen LogP contribution in [0.1, 0.15) is 29.8 Å². The topological polar surface area (TPSA) is 95.2 Å². The van der Waals surface area contributed by atoms with Gasteiger partial charge in [0.1, 0.15) is 5.82 Å². The zero-order valence-electron chi connectivity index (χ0n) is 20.0. The standard InChI is InChI=1S/C27H30N4O3S/c1-20-9-13-22(14-10-20)31(35(33,34)23-15-11-21(2)12-16-23)19-17-27(32)28-18-5-8-26-29-24-6-3-4-7-25(24)30-26/h3-4,6-7,9-16H,5,8,17-19H2,1-2H3,(H,28,32)(H,29,30). The molecule has 0 aliphatic carbocycles. The molecular formula is C27H30N4O3S. The smallest absolute Gasteiger partial charge is 0.264 e. The van der Waals surface area contributed by atoms with Crippen molar-refractivity contribution in [3.63, 3.8) is 0 Å². The van der Waals surface area contributed by atoms with Crippen LogP contribution in [0.3, 0.4) is 0 Å². The number of anilines is 1. The van der Waals surface area contributed by atoms with Crippen LogP contribution >= 0.6 is 0 Å². The molecular weight excluding hydrogens is 460 g/mol. The van der Waals surface area contributed by atoms with E-state index >= 15 is 0 Å². The van der Waals surface area contributed by atoms with Gasteiger partial charge in [-0.2, -0.15) is 0 Å². The molecule has 3 aromatic carbocycles. The van der Waals surface area contributed by atoms with Crippen LogP contribution in [0.5, 0.6) is 0 Å². The van der Waals surface area contributed by atoms with Crippen LogP contribution in [0.15, 0.2) is 77.7 Å². The minimum atomic E-state index is -3.81. The molecule has 4 rings (SSSR count). The number of aromatic amines is 1. The van der Waals surface area contributed by atoms with Crippen LogP contribution < -0.4 is 9.62 Å². The van der Waals surface area contributed by atoms with Crippen molar-refractivity contribution in [1.82, 2.24) is 15.3 Å². The van der Waals surface area contributed by atoms with E-state index in [1.807, 2.05) is 50.2 Å². The molecule has 1 aromatic heterocycles. The molecule has 0 spiro atoms. The summed E-state index contributed by atoms with van der Waals surface area (Å²) in [5, 5.41) is 2.90. The maximum atomic E-state index is 13.4. The molecule has 0 saturated carbocycles. The van der Waals surface area contributed by atoms with E-state index in [-0.39, 0.29) is 23.8 Å². The van der Waals surface area contributed by atoms with Gasteiger partial charge in [0.25, 0.3) is 10.0 Å². The van der Waals surface area contributed by atoms with E-state index in [1.165, 1.54) is 4.31 Å². The monoisotopic (exact) mass is 490 g/mol. The first-order valence-corrected chi connectivity index (χ1v) is 13.1. The SMILES string of the molecule is Cc1ccc(N(CCC(=O)NCCCc2nc3ccccc3[nH]2)S(=O)(=O)c2ccc(C)cc2)cc1. The number of H-pyrrole nitrogens is 1. The summed E-state index contributed by atoms with van der Waals surface area (Å²) in [7, 11) is -3.81. The number of imidazole rings is 1. The van der Waals surface area contributed by atoms with Crippen LogP contribution in [0.2, 0.25) is 0 Å². The summed E-state index contributed by atoms with van der Waals surface area (Å²) >= 11 is 0. The Morgan fingerprint density at radius 2 is 1.60 bits per heavy atom. The average Bonchev–Trinajstić information content (AvgIpc) is 3.26. The largest absolute Gasteiger partial charge is 0.356 e. The third-order valence-corrected chi connectivity index (χ3v) is 7.67. The lowest BCUT2D eigenvalue weighted by atomic mass is 10.2. The number of hydrogen-bond donors (Lipinski definition) is 2. The Morgan fingerprint density at radius 3 is 2.29 bits per heavy atom. The van der Waals surface area contributed by atoms with Gasteiger partial charge in [0.2, 0.25) is 5.91 Å². The van der Waals surface area contributed by atoms with Crippen LogP contribution in [0.25, 0.3) is 11.0 Å². The number of hydrogen-bond acceptors (Lipinski definition) is 4. The molecule has 182 valence electrons. The van der Waals surface area contributed by atoms with Gasteiger partial charge in [-0.3, -0.25) is 9.10 Å². The van der Waals surface area contributed by atoms with Gasteiger partial charge in [-0.05, 0) is 56.7 Å². The van der Waals surface area contributed by atoms with E-state index in [0.29, 0.717) is 18.7 Å². The summed E-state index contributed by atoms with van der Waals surface area (Å²) in [6, 6.07) is 21.9. The number of para-hydroxylation sites is 2. The zero-order valence-corrected chi connectivity index (χ0v) is 20.8. The Balaban J connectivity index is 1.36.